The monoisotopic (exact) mass is 468 g/mol. The van der Waals surface area contributed by atoms with Crippen LogP contribution < -0.4 is 4.74 Å². The van der Waals surface area contributed by atoms with E-state index in [1.807, 2.05) is 36.7 Å². The quantitative estimate of drug-likeness (QED) is 0.301. The van der Waals surface area contributed by atoms with Crippen molar-refractivity contribution >= 4 is 28.6 Å². The van der Waals surface area contributed by atoms with E-state index in [0.29, 0.717) is 40.6 Å². The SMILES string of the molecule is CCN(CC)C(=O)Oc1ccc2c(ccn2Cc2c(F)cccc2Cl)c1-c1ccc(F)cc1. The summed E-state index contributed by atoms with van der Waals surface area (Å²) in [6, 6.07) is 16.0. The smallest absolute Gasteiger partial charge is 0.410 e. The lowest BCUT2D eigenvalue weighted by molar-refractivity contribution is 0.157. The molecule has 0 saturated carbocycles. The number of benzene rings is 3. The van der Waals surface area contributed by atoms with E-state index in [9.17, 15) is 13.6 Å². The van der Waals surface area contributed by atoms with Crippen molar-refractivity contribution in [3.8, 4) is 16.9 Å². The van der Waals surface area contributed by atoms with Crippen LogP contribution in [0.5, 0.6) is 5.75 Å². The van der Waals surface area contributed by atoms with Gasteiger partial charge in [-0.05, 0) is 61.9 Å². The third-order valence-corrected chi connectivity index (χ3v) is 6.01. The van der Waals surface area contributed by atoms with Crippen LogP contribution in [0.4, 0.5) is 13.6 Å². The Morgan fingerprint density at radius 1 is 1.00 bits per heavy atom. The summed E-state index contributed by atoms with van der Waals surface area (Å²) in [5, 5.41) is 1.14. The molecule has 33 heavy (non-hydrogen) atoms. The van der Waals surface area contributed by atoms with Gasteiger partial charge in [0.25, 0.3) is 0 Å². The zero-order valence-corrected chi connectivity index (χ0v) is 19.1. The normalized spacial score (nSPS) is 11.1. The first-order chi connectivity index (χ1) is 15.9. The second-order valence-electron chi connectivity index (χ2n) is 7.56. The molecule has 0 atom stereocenters. The molecule has 0 aliphatic heterocycles. The predicted molar refractivity (Wildman–Crippen MR) is 127 cm³/mol. The molecule has 4 nitrogen and oxygen atoms in total. The van der Waals surface area contributed by atoms with E-state index in [0.717, 1.165) is 10.9 Å². The lowest BCUT2D eigenvalue weighted by atomic mass is 10.0. The molecule has 0 spiro atoms. The summed E-state index contributed by atoms with van der Waals surface area (Å²) in [6.45, 7) is 5.02. The van der Waals surface area contributed by atoms with Crippen molar-refractivity contribution in [1.29, 1.82) is 0 Å². The molecule has 0 unspecified atom stereocenters. The largest absolute Gasteiger partial charge is 0.415 e. The molecule has 4 aromatic rings. The van der Waals surface area contributed by atoms with Crippen LogP contribution in [0.1, 0.15) is 19.4 Å². The highest BCUT2D eigenvalue weighted by Gasteiger charge is 2.19. The van der Waals surface area contributed by atoms with Crippen LogP contribution in [0.3, 0.4) is 0 Å². The number of fused-ring (bicyclic) bond motifs is 1. The molecule has 0 aliphatic rings. The fourth-order valence-electron chi connectivity index (χ4n) is 3.88. The first-order valence-electron chi connectivity index (χ1n) is 10.7. The number of carbonyl (C=O) groups is 1. The van der Waals surface area contributed by atoms with Crippen LogP contribution in [-0.2, 0) is 6.54 Å². The predicted octanol–water partition coefficient (Wildman–Crippen LogP) is 7.13. The molecule has 0 bridgehead atoms. The average Bonchev–Trinajstić information content (AvgIpc) is 3.20. The summed E-state index contributed by atoms with van der Waals surface area (Å²) in [7, 11) is 0. The molecular formula is C26H23ClF2N2O2. The van der Waals surface area contributed by atoms with Crippen molar-refractivity contribution in [3.05, 3.63) is 89.1 Å². The molecular weight excluding hydrogens is 446 g/mol. The Kier molecular flexibility index (Phi) is 6.65. The maximum Gasteiger partial charge on any atom is 0.415 e. The maximum atomic E-state index is 14.4. The first kappa shape index (κ1) is 22.8. The van der Waals surface area contributed by atoms with Crippen molar-refractivity contribution < 1.29 is 18.3 Å². The first-order valence-corrected chi connectivity index (χ1v) is 11.1. The second kappa shape index (κ2) is 9.63. The van der Waals surface area contributed by atoms with Crippen molar-refractivity contribution in [3.63, 3.8) is 0 Å². The van der Waals surface area contributed by atoms with Gasteiger partial charge in [0, 0.05) is 46.3 Å². The van der Waals surface area contributed by atoms with Crippen LogP contribution in [0, 0.1) is 11.6 Å². The number of carbonyl (C=O) groups excluding carboxylic acids is 1. The number of amides is 1. The minimum absolute atomic E-state index is 0.233. The molecule has 170 valence electrons. The number of aromatic nitrogens is 1. The van der Waals surface area contributed by atoms with E-state index in [1.165, 1.54) is 18.2 Å². The Hall–Kier alpha value is -3.38. The summed E-state index contributed by atoms with van der Waals surface area (Å²) in [4.78, 5) is 14.2. The highest BCUT2D eigenvalue weighted by Crippen LogP contribution is 2.38. The zero-order chi connectivity index (χ0) is 23.5. The van der Waals surface area contributed by atoms with E-state index in [-0.39, 0.29) is 18.2 Å². The average molecular weight is 469 g/mol. The summed E-state index contributed by atoms with van der Waals surface area (Å²) >= 11 is 6.23. The highest BCUT2D eigenvalue weighted by atomic mass is 35.5. The van der Waals surface area contributed by atoms with Crippen LogP contribution >= 0.6 is 11.6 Å². The number of ether oxygens (including phenoxy) is 1. The molecule has 4 rings (SSSR count). The fourth-order valence-corrected chi connectivity index (χ4v) is 4.11. The molecule has 0 saturated heterocycles. The van der Waals surface area contributed by atoms with E-state index in [4.69, 9.17) is 16.3 Å². The summed E-state index contributed by atoms with van der Waals surface area (Å²) in [5.74, 6) is -0.375. The number of hydrogen-bond donors (Lipinski definition) is 0. The Labute approximate surface area is 196 Å². The van der Waals surface area contributed by atoms with E-state index < -0.39 is 6.09 Å². The van der Waals surface area contributed by atoms with Crippen molar-refractivity contribution in [2.75, 3.05) is 13.1 Å². The number of rotatable bonds is 6. The van der Waals surface area contributed by atoms with Gasteiger partial charge in [-0.15, -0.1) is 0 Å². The van der Waals surface area contributed by atoms with Gasteiger partial charge in [0.15, 0.2) is 0 Å². The van der Waals surface area contributed by atoms with Crippen LogP contribution in [-0.4, -0.2) is 28.6 Å². The fraction of sp³-hybridized carbons (Fsp3) is 0.192. The topological polar surface area (TPSA) is 34.5 Å². The Morgan fingerprint density at radius 3 is 2.39 bits per heavy atom. The molecule has 7 heteroatoms. The van der Waals surface area contributed by atoms with E-state index in [1.54, 1.807) is 35.2 Å². The minimum atomic E-state index is -0.458. The van der Waals surface area contributed by atoms with Gasteiger partial charge in [-0.25, -0.2) is 13.6 Å². The van der Waals surface area contributed by atoms with Crippen molar-refractivity contribution in [1.82, 2.24) is 9.47 Å². The lowest BCUT2D eigenvalue weighted by Gasteiger charge is -2.20. The Bertz CT molecular complexity index is 1280. The molecule has 1 heterocycles. The standard InChI is InChI=1S/C26H23ClF2N2O2/c1-3-30(4-2)26(32)33-24-13-12-23-19(25(24)17-8-10-18(28)11-9-17)14-15-31(23)16-20-21(27)6-5-7-22(20)29/h5-15H,3-4,16H2,1-2H3. The van der Waals surface area contributed by atoms with Gasteiger partial charge in [0.05, 0.1) is 6.54 Å². The van der Waals surface area contributed by atoms with E-state index >= 15 is 0 Å². The maximum absolute atomic E-state index is 14.4. The van der Waals surface area contributed by atoms with Gasteiger partial charge in [-0.3, -0.25) is 0 Å². The number of nitrogens with zero attached hydrogens (tertiary/aromatic N) is 2. The summed E-state index contributed by atoms with van der Waals surface area (Å²) < 4.78 is 35.6. The van der Waals surface area contributed by atoms with Crippen LogP contribution in [0.2, 0.25) is 5.02 Å². The molecule has 0 N–H and O–H groups in total. The molecule has 0 aliphatic carbocycles. The molecule has 1 aromatic heterocycles. The molecule has 0 fully saturated rings. The van der Waals surface area contributed by atoms with Gasteiger partial charge in [0.1, 0.15) is 17.4 Å². The highest BCUT2D eigenvalue weighted by molar-refractivity contribution is 6.31. The van der Waals surface area contributed by atoms with Crippen LogP contribution in [0.25, 0.3) is 22.0 Å². The number of hydrogen-bond acceptors (Lipinski definition) is 2. The van der Waals surface area contributed by atoms with Crippen molar-refractivity contribution in [2.24, 2.45) is 0 Å². The summed E-state index contributed by atoms with van der Waals surface area (Å²) in [6.07, 6.45) is 1.37. The Balaban J connectivity index is 1.83. The third-order valence-electron chi connectivity index (χ3n) is 5.66. The number of halogens is 3. The summed E-state index contributed by atoms with van der Waals surface area (Å²) in [5.41, 5.74) is 2.55. The van der Waals surface area contributed by atoms with Gasteiger partial charge in [-0.2, -0.15) is 0 Å². The molecule has 3 aromatic carbocycles. The van der Waals surface area contributed by atoms with Crippen LogP contribution in [0.15, 0.2) is 66.9 Å². The second-order valence-corrected chi connectivity index (χ2v) is 7.97. The minimum Gasteiger partial charge on any atom is -0.410 e. The van der Waals surface area contributed by atoms with Gasteiger partial charge < -0.3 is 14.2 Å². The van der Waals surface area contributed by atoms with Gasteiger partial charge >= 0.3 is 6.09 Å². The lowest BCUT2D eigenvalue weighted by Crippen LogP contribution is -2.33. The molecule has 0 radical (unpaired) electrons. The molecule has 1 amide bonds. The van der Waals surface area contributed by atoms with Gasteiger partial charge in [-0.1, -0.05) is 29.8 Å². The van der Waals surface area contributed by atoms with Gasteiger partial charge in [0.2, 0.25) is 0 Å². The van der Waals surface area contributed by atoms with Crippen molar-refractivity contribution in [2.45, 2.75) is 20.4 Å². The Morgan fingerprint density at radius 2 is 1.73 bits per heavy atom. The van der Waals surface area contributed by atoms with E-state index in [2.05, 4.69) is 0 Å². The zero-order valence-electron chi connectivity index (χ0n) is 18.3. The third kappa shape index (κ3) is 4.57.